The molecule has 11 nitrogen and oxygen atoms in total. The number of carbonyl (C=O) groups is 1. The van der Waals surface area contributed by atoms with Crippen molar-refractivity contribution in [3.63, 3.8) is 0 Å². The molecule has 13 heteroatoms. The van der Waals surface area contributed by atoms with E-state index in [9.17, 15) is 9.36 Å². The fourth-order valence-corrected chi connectivity index (χ4v) is 6.24. The SMILES string of the molecule is CCOCc1nc2c(N)nc3ccccc3c2n1[C@@H](COP(=O)(N[C@@H](C)C(=O)OC(C)C)Oc1ccc(Cl)cc1)C(C)C. The summed E-state index contributed by atoms with van der Waals surface area (Å²) in [5.74, 6) is 0.552. The van der Waals surface area contributed by atoms with Gasteiger partial charge in [0.2, 0.25) is 0 Å². The van der Waals surface area contributed by atoms with E-state index in [1.165, 1.54) is 6.92 Å². The second kappa shape index (κ2) is 14.1. The highest BCUT2D eigenvalue weighted by Crippen LogP contribution is 2.47. The Morgan fingerprint density at radius 1 is 1.07 bits per heavy atom. The molecule has 0 saturated heterocycles. The summed E-state index contributed by atoms with van der Waals surface area (Å²) in [5.41, 5.74) is 8.42. The van der Waals surface area contributed by atoms with Gasteiger partial charge in [-0.3, -0.25) is 9.32 Å². The van der Waals surface area contributed by atoms with Gasteiger partial charge >= 0.3 is 13.7 Å². The van der Waals surface area contributed by atoms with Gasteiger partial charge in [0.25, 0.3) is 0 Å². The number of esters is 1. The monoisotopic (exact) mass is 631 g/mol. The van der Waals surface area contributed by atoms with Crippen LogP contribution in [0.3, 0.4) is 0 Å². The van der Waals surface area contributed by atoms with Crippen LogP contribution in [0, 0.1) is 5.92 Å². The van der Waals surface area contributed by atoms with Crippen molar-refractivity contribution in [2.45, 2.75) is 66.3 Å². The minimum Gasteiger partial charge on any atom is -0.462 e. The number of hydrogen-bond donors (Lipinski definition) is 2. The largest absolute Gasteiger partial charge is 0.462 e. The highest BCUT2D eigenvalue weighted by Gasteiger charge is 2.35. The standard InChI is InChI=1S/C30H39ClN5O6P/c1-7-39-17-26-34-27-28(23-10-8-9-11-24(23)33-29(27)32)36(26)25(18(2)3)16-40-43(38,35-20(6)30(37)41-19(4)5)42-22-14-12-21(31)13-15-22/h8-15,18-20,25H,7,16-17H2,1-6H3,(H2,32,33)(H,35,38)/t20-,25-,43?/m0/s1. The number of anilines is 1. The predicted octanol–water partition coefficient (Wildman–Crippen LogP) is 6.69. The van der Waals surface area contributed by atoms with E-state index in [1.807, 2.05) is 49.6 Å². The first-order valence-electron chi connectivity index (χ1n) is 14.2. The minimum atomic E-state index is -4.16. The average molecular weight is 632 g/mol. The van der Waals surface area contributed by atoms with Crippen LogP contribution in [0.1, 0.15) is 53.4 Å². The number of benzene rings is 2. The lowest BCUT2D eigenvalue weighted by Gasteiger charge is -2.29. The van der Waals surface area contributed by atoms with E-state index in [0.29, 0.717) is 28.8 Å². The van der Waals surface area contributed by atoms with Gasteiger partial charge in [-0.05, 0) is 63.9 Å². The predicted molar refractivity (Wildman–Crippen MR) is 168 cm³/mol. The van der Waals surface area contributed by atoms with E-state index in [2.05, 4.69) is 10.1 Å². The molecule has 2 heterocycles. The topological polar surface area (TPSA) is 140 Å². The van der Waals surface area contributed by atoms with Gasteiger partial charge in [0.1, 0.15) is 29.7 Å². The Kier molecular flexibility index (Phi) is 10.7. The molecule has 4 rings (SSSR count). The number of carbonyl (C=O) groups excluding carboxylic acids is 1. The first-order chi connectivity index (χ1) is 20.4. The summed E-state index contributed by atoms with van der Waals surface area (Å²) >= 11 is 6.04. The number of halogens is 1. The third kappa shape index (κ3) is 7.85. The molecule has 0 aliphatic carbocycles. The molecule has 43 heavy (non-hydrogen) atoms. The van der Waals surface area contributed by atoms with E-state index >= 15 is 0 Å². The number of nitrogens with two attached hydrogens (primary N) is 1. The van der Waals surface area contributed by atoms with Crippen molar-refractivity contribution < 1.29 is 27.9 Å². The summed E-state index contributed by atoms with van der Waals surface area (Å²) in [6.07, 6.45) is -0.352. The Bertz CT molecular complexity index is 1610. The Morgan fingerprint density at radius 3 is 2.42 bits per heavy atom. The van der Waals surface area contributed by atoms with Crippen molar-refractivity contribution in [3.05, 3.63) is 59.4 Å². The quantitative estimate of drug-likeness (QED) is 0.114. The number of nitrogens with one attached hydrogen (secondary N) is 1. The van der Waals surface area contributed by atoms with Crippen LogP contribution in [-0.4, -0.2) is 45.9 Å². The summed E-state index contributed by atoms with van der Waals surface area (Å²) in [7, 11) is -4.16. The molecule has 3 N–H and O–H groups in total. The summed E-state index contributed by atoms with van der Waals surface area (Å²) in [5, 5.41) is 4.09. The zero-order valence-corrected chi connectivity index (χ0v) is 26.9. The summed E-state index contributed by atoms with van der Waals surface area (Å²) < 4.78 is 39.4. The van der Waals surface area contributed by atoms with Gasteiger partial charge < -0.3 is 24.3 Å². The van der Waals surface area contributed by atoms with Crippen molar-refractivity contribution in [3.8, 4) is 5.75 Å². The van der Waals surface area contributed by atoms with Crippen LogP contribution in [0.15, 0.2) is 48.5 Å². The smallest absolute Gasteiger partial charge is 0.459 e. The van der Waals surface area contributed by atoms with E-state index in [0.717, 1.165) is 16.4 Å². The number of aromatic nitrogens is 3. The second-order valence-electron chi connectivity index (χ2n) is 10.7. The molecule has 0 aliphatic heterocycles. The molecule has 0 radical (unpaired) electrons. The highest BCUT2D eigenvalue weighted by atomic mass is 35.5. The number of fused-ring (bicyclic) bond motifs is 3. The zero-order valence-electron chi connectivity index (χ0n) is 25.2. The number of ether oxygens (including phenoxy) is 2. The number of nitrogen functional groups attached to an aromatic ring is 1. The molecule has 232 valence electrons. The normalized spacial score (nSPS) is 14.7. The Labute approximate surface area is 256 Å². The minimum absolute atomic E-state index is 0.0294. The van der Waals surface area contributed by atoms with Crippen LogP contribution in [0.5, 0.6) is 5.75 Å². The molecule has 4 aromatic rings. The Balaban J connectivity index is 1.76. The molecular weight excluding hydrogens is 593 g/mol. The number of hydrogen-bond acceptors (Lipinski definition) is 9. The number of pyridine rings is 1. The molecule has 0 fully saturated rings. The van der Waals surface area contributed by atoms with Crippen molar-refractivity contribution >= 4 is 53.1 Å². The molecule has 3 atom stereocenters. The van der Waals surface area contributed by atoms with Gasteiger partial charge in [-0.2, -0.15) is 5.09 Å². The Hall–Kier alpha value is -3.21. The third-order valence-corrected chi connectivity index (χ3v) is 8.57. The molecular formula is C30H39ClN5O6P. The number of rotatable bonds is 14. The van der Waals surface area contributed by atoms with E-state index in [4.69, 9.17) is 40.8 Å². The second-order valence-corrected chi connectivity index (χ2v) is 12.9. The van der Waals surface area contributed by atoms with Crippen LogP contribution in [0.25, 0.3) is 21.9 Å². The van der Waals surface area contributed by atoms with Crippen molar-refractivity contribution in [1.82, 2.24) is 19.6 Å². The summed E-state index contributed by atoms with van der Waals surface area (Å²) in [6, 6.07) is 12.6. The summed E-state index contributed by atoms with van der Waals surface area (Å²) in [6.45, 7) is 11.6. The zero-order chi connectivity index (χ0) is 31.3. The third-order valence-electron chi connectivity index (χ3n) is 6.67. The molecule has 1 unspecified atom stereocenters. The van der Waals surface area contributed by atoms with E-state index < -0.39 is 25.8 Å². The first-order valence-corrected chi connectivity index (χ1v) is 16.1. The maximum absolute atomic E-state index is 14.3. The maximum Gasteiger partial charge on any atom is 0.459 e. The van der Waals surface area contributed by atoms with Crippen LogP contribution in [0.2, 0.25) is 5.02 Å². The average Bonchev–Trinajstić information content (AvgIpc) is 3.32. The number of para-hydroxylation sites is 1. The van der Waals surface area contributed by atoms with Crippen LogP contribution < -0.4 is 15.3 Å². The van der Waals surface area contributed by atoms with Crippen molar-refractivity contribution in [2.24, 2.45) is 5.92 Å². The number of nitrogens with zero attached hydrogens (tertiary/aromatic N) is 3. The molecule has 0 spiro atoms. The highest BCUT2D eigenvalue weighted by molar-refractivity contribution is 7.52. The molecule has 2 aromatic carbocycles. The van der Waals surface area contributed by atoms with Gasteiger partial charge in [-0.25, -0.2) is 14.5 Å². The first kappa shape index (κ1) is 32.7. The lowest BCUT2D eigenvalue weighted by Crippen LogP contribution is -2.36. The Morgan fingerprint density at radius 2 is 1.77 bits per heavy atom. The molecule has 2 aromatic heterocycles. The van der Waals surface area contributed by atoms with Gasteiger partial charge in [-0.15, -0.1) is 0 Å². The fraction of sp³-hybridized carbons (Fsp3) is 0.433. The number of imidazole rings is 1. The van der Waals surface area contributed by atoms with Crippen molar-refractivity contribution in [1.29, 1.82) is 0 Å². The maximum atomic E-state index is 14.3. The summed E-state index contributed by atoms with van der Waals surface area (Å²) in [4.78, 5) is 22.0. The lowest BCUT2D eigenvalue weighted by molar-refractivity contribution is -0.149. The van der Waals surface area contributed by atoms with Crippen LogP contribution >= 0.6 is 19.3 Å². The lowest BCUT2D eigenvalue weighted by atomic mass is 10.0. The van der Waals surface area contributed by atoms with Crippen LogP contribution in [-0.2, 0) is 30.0 Å². The fourth-order valence-electron chi connectivity index (χ4n) is 4.61. The molecule has 0 amide bonds. The van der Waals surface area contributed by atoms with Crippen LogP contribution in [0.4, 0.5) is 5.82 Å². The van der Waals surface area contributed by atoms with Crippen molar-refractivity contribution in [2.75, 3.05) is 18.9 Å². The van der Waals surface area contributed by atoms with Gasteiger partial charge in [0, 0.05) is 17.0 Å². The van der Waals surface area contributed by atoms with Gasteiger partial charge in [-0.1, -0.05) is 43.6 Å². The van der Waals surface area contributed by atoms with Gasteiger partial charge in [0.05, 0.1) is 29.8 Å². The van der Waals surface area contributed by atoms with E-state index in [1.54, 1.807) is 38.1 Å². The van der Waals surface area contributed by atoms with E-state index in [-0.39, 0.29) is 31.0 Å². The van der Waals surface area contributed by atoms with Gasteiger partial charge in [0.15, 0.2) is 5.82 Å². The molecule has 0 saturated carbocycles. The molecule has 0 bridgehead atoms. The molecule has 0 aliphatic rings.